The third-order valence-electron chi connectivity index (χ3n) is 6.88. The second-order valence-corrected chi connectivity index (χ2v) is 9.32. The van der Waals surface area contributed by atoms with E-state index in [1.807, 2.05) is 31.2 Å². The second-order valence-electron chi connectivity index (χ2n) is 9.32. The van der Waals surface area contributed by atoms with Crippen molar-refractivity contribution in [1.29, 1.82) is 5.26 Å². The van der Waals surface area contributed by atoms with Crippen molar-refractivity contribution in [2.45, 2.75) is 57.2 Å². The topological polar surface area (TPSA) is 124 Å². The van der Waals surface area contributed by atoms with E-state index in [0.29, 0.717) is 55.3 Å². The van der Waals surface area contributed by atoms with Gasteiger partial charge in [-0.05, 0) is 44.7 Å². The van der Waals surface area contributed by atoms with Crippen molar-refractivity contribution in [2.24, 2.45) is 0 Å². The first-order valence-corrected chi connectivity index (χ1v) is 12.2. The van der Waals surface area contributed by atoms with Gasteiger partial charge in [-0.1, -0.05) is 0 Å². The molecular formula is C25H32N8O2. The molecule has 2 unspecified atom stereocenters. The van der Waals surface area contributed by atoms with Crippen LogP contribution in [-0.2, 0) is 4.74 Å². The van der Waals surface area contributed by atoms with E-state index in [1.165, 1.54) is 12.8 Å². The Bertz CT molecular complexity index is 1190. The van der Waals surface area contributed by atoms with Crippen LogP contribution in [0.15, 0.2) is 24.3 Å². The molecule has 35 heavy (non-hydrogen) atoms. The lowest BCUT2D eigenvalue weighted by atomic mass is 9.97. The van der Waals surface area contributed by atoms with E-state index in [0.717, 1.165) is 41.7 Å². The van der Waals surface area contributed by atoms with Gasteiger partial charge in [0.2, 0.25) is 5.95 Å². The van der Waals surface area contributed by atoms with Gasteiger partial charge in [0.1, 0.15) is 18.2 Å². The summed E-state index contributed by atoms with van der Waals surface area (Å²) in [5.41, 5.74) is 1.76. The van der Waals surface area contributed by atoms with Crippen LogP contribution < -0.4 is 15.4 Å². The Morgan fingerprint density at radius 1 is 1.17 bits per heavy atom. The van der Waals surface area contributed by atoms with Gasteiger partial charge >= 0.3 is 0 Å². The molecular weight excluding hydrogens is 444 g/mol. The number of hydrogen-bond acceptors (Lipinski definition) is 9. The smallest absolute Gasteiger partial charge is 0.225 e. The van der Waals surface area contributed by atoms with Crippen molar-refractivity contribution >= 4 is 28.5 Å². The molecule has 0 saturated carbocycles. The Morgan fingerprint density at radius 3 is 2.71 bits per heavy atom. The minimum atomic E-state index is 0.296. The Hall–Kier alpha value is -3.42. The first kappa shape index (κ1) is 23.3. The molecule has 4 heterocycles. The Morgan fingerprint density at radius 2 is 2.00 bits per heavy atom. The SMILES string of the molecule is COCCOc1ccc2c(Nc3cc(C)[nH]n3)nc(NC3CC4CCC(C3)N4CCC#N)nc2c1. The summed E-state index contributed by atoms with van der Waals surface area (Å²) in [6.45, 7) is 3.83. The zero-order valence-corrected chi connectivity index (χ0v) is 20.3. The van der Waals surface area contributed by atoms with Gasteiger partial charge in [0.05, 0.1) is 18.2 Å². The van der Waals surface area contributed by atoms with Crippen molar-refractivity contribution < 1.29 is 9.47 Å². The van der Waals surface area contributed by atoms with Crippen LogP contribution in [0.5, 0.6) is 5.75 Å². The quantitative estimate of drug-likeness (QED) is 0.375. The predicted octanol–water partition coefficient (Wildman–Crippen LogP) is 3.75. The fourth-order valence-electron chi connectivity index (χ4n) is 5.32. The third kappa shape index (κ3) is 5.31. The number of nitrogens with zero attached hydrogens (tertiary/aromatic N) is 5. The largest absolute Gasteiger partial charge is 0.491 e. The Labute approximate surface area is 205 Å². The van der Waals surface area contributed by atoms with Crippen LogP contribution in [-0.4, -0.2) is 70.1 Å². The van der Waals surface area contributed by atoms with Crippen molar-refractivity contribution in [2.75, 3.05) is 37.5 Å². The molecule has 2 fully saturated rings. The lowest BCUT2D eigenvalue weighted by Gasteiger charge is -2.38. The highest BCUT2D eigenvalue weighted by Gasteiger charge is 2.40. The van der Waals surface area contributed by atoms with Gasteiger partial charge in [-0.2, -0.15) is 15.3 Å². The number of ether oxygens (including phenoxy) is 2. The molecule has 0 amide bonds. The predicted molar refractivity (Wildman–Crippen MR) is 134 cm³/mol. The fraction of sp³-hybridized carbons (Fsp3) is 0.520. The van der Waals surface area contributed by atoms with Gasteiger partial charge in [0.25, 0.3) is 0 Å². The Kier molecular flexibility index (Phi) is 6.97. The number of methoxy groups -OCH3 is 1. The van der Waals surface area contributed by atoms with E-state index in [4.69, 9.17) is 24.7 Å². The van der Waals surface area contributed by atoms with Gasteiger partial charge in [-0.15, -0.1) is 0 Å². The highest BCUT2D eigenvalue weighted by molar-refractivity contribution is 5.92. The van der Waals surface area contributed by atoms with Gasteiger partial charge in [0.15, 0.2) is 5.82 Å². The number of hydrogen-bond donors (Lipinski definition) is 3. The van der Waals surface area contributed by atoms with Crippen LogP contribution in [0.25, 0.3) is 10.9 Å². The number of nitriles is 1. The monoisotopic (exact) mass is 476 g/mol. The average molecular weight is 477 g/mol. The number of anilines is 3. The van der Waals surface area contributed by atoms with E-state index in [2.05, 4.69) is 31.8 Å². The van der Waals surface area contributed by atoms with Crippen LogP contribution in [0.3, 0.4) is 0 Å². The van der Waals surface area contributed by atoms with E-state index < -0.39 is 0 Å². The molecule has 2 saturated heterocycles. The summed E-state index contributed by atoms with van der Waals surface area (Å²) in [5, 5.41) is 24.1. The zero-order chi connectivity index (χ0) is 24.2. The molecule has 184 valence electrons. The molecule has 2 bridgehead atoms. The number of nitrogens with one attached hydrogen (secondary N) is 3. The minimum absolute atomic E-state index is 0.296. The summed E-state index contributed by atoms with van der Waals surface area (Å²) in [4.78, 5) is 12.2. The molecule has 2 aliphatic rings. The average Bonchev–Trinajstić information content (AvgIpc) is 3.36. The summed E-state index contributed by atoms with van der Waals surface area (Å²) in [6, 6.07) is 11.4. The van der Waals surface area contributed by atoms with Crippen LogP contribution in [0.4, 0.5) is 17.6 Å². The van der Waals surface area contributed by atoms with E-state index in [-0.39, 0.29) is 0 Å². The van der Waals surface area contributed by atoms with Crippen LogP contribution in [0.1, 0.15) is 37.8 Å². The number of aromatic amines is 1. The first-order chi connectivity index (χ1) is 17.1. The highest BCUT2D eigenvalue weighted by atomic mass is 16.5. The maximum atomic E-state index is 9.00. The van der Waals surface area contributed by atoms with Crippen molar-refractivity contribution in [3.63, 3.8) is 0 Å². The molecule has 0 spiro atoms. The number of aromatic nitrogens is 4. The molecule has 2 aromatic heterocycles. The van der Waals surface area contributed by atoms with Crippen LogP contribution in [0.2, 0.25) is 0 Å². The molecule has 1 aromatic carbocycles. The van der Waals surface area contributed by atoms with Gasteiger partial charge in [-0.25, -0.2) is 4.98 Å². The Balaban J connectivity index is 1.39. The summed E-state index contributed by atoms with van der Waals surface area (Å²) in [5.74, 6) is 2.74. The highest BCUT2D eigenvalue weighted by Crippen LogP contribution is 2.37. The molecule has 10 nitrogen and oxygen atoms in total. The summed E-state index contributed by atoms with van der Waals surface area (Å²) >= 11 is 0. The first-order valence-electron chi connectivity index (χ1n) is 12.2. The molecule has 2 aliphatic heterocycles. The summed E-state index contributed by atoms with van der Waals surface area (Å²) in [7, 11) is 1.66. The molecule has 0 aliphatic carbocycles. The van der Waals surface area contributed by atoms with Crippen LogP contribution >= 0.6 is 0 Å². The molecule has 2 atom stereocenters. The lowest BCUT2D eigenvalue weighted by Crippen LogP contribution is -2.47. The van der Waals surface area contributed by atoms with Crippen molar-refractivity contribution in [3.05, 3.63) is 30.0 Å². The third-order valence-corrected chi connectivity index (χ3v) is 6.88. The van der Waals surface area contributed by atoms with E-state index in [1.54, 1.807) is 7.11 Å². The fourth-order valence-corrected chi connectivity index (χ4v) is 5.32. The normalized spacial score (nSPS) is 21.7. The maximum Gasteiger partial charge on any atom is 0.225 e. The summed E-state index contributed by atoms with van der Waals surface area (Å²) in [6.07, 6.45) is 5.05. The molecule has 10 heteroatoms. The molecule has 5 rings (SSSR count). The van der Waals surface area contributed by atoms with E-state index in [9.17, 15) is 0 Å². The number of rotatable bonds is 10. The second kappa shape index (κ2) is 10.5. The van der Waals surface area contributed by atoms with Crippen LogP contribution in [0, 0.1) is 18.3 Å². The van der Waals surface area contributed by atoms with E-state index >= 15 is 0 Å². The number of fused-ring (bicyclic) bond motifs is 3. The lowest BCUT2D eigenvalue weighted by molar-refractivity contribution is 0.135. The number of H-pyrrole nitrogens is 1. The van der Waals surface area contributed by atoms with Gasteiger partial charge in [-0.3, -0.25) is 10.00 Å². The zero-order valence-electron chi connectivity index (χ0n) is 20.3. The molecule has 3 aromatic rings. The maximum absolute atomic E-state index is 9.00. The number of aryl methyl sites for hydroxylation is 1. The van der Waals surface area contributed by atoms with Gasteiger partial charge in [0, 0.05) is 61.4 Å². The number of piperidine rings is 1. The van der Waals surface area contributed by atoms with Crippen molar-refractivity contribution in [3.8, 4) is 11.8 Å². The minimum Gasteiger partial charge on any atom is -0.491 e. The molecule has 0 radical (unpaired) electrons. The summed E-state index contributed by atoms with van der Waals surface area (Å²) < 4.78 is 10.9. The number of benzene rings is 1. The van der Waals surface area contributed by atoms with Gasteiger partial charge < -0.3 is 20.1 Å². The molecule has 3 N–H and O–H groups in total. The standard InChI is InChI=1S/C25H32N8O2/c1-16-12-23(32-31-16)29-24-21-7-6-20(35-11-10-34-2)15-22(21)28-25(30-24)27-17-13-18-4-5-19(14-17)33(18)9-3-8-26/h6-7,12,15,17-19H,3-5,9-11,13-14H2,1-2H3,(H3,27,28,29,30,31,32). The van der Waals surface area contributed by atoms with Crippen molar-refractivity contribution in [1.82, 2.24) is 25.1 Å².